The number of Topliss-reactive ketones (excluding diaryl/α,β-unsaturated/α-hetero) is 2. The molecule has 2 unspecified atom stereocenters. The highest BCUT2D eigenvalue weighted by Crippen LogP contribution is 2.40. The zero-order chi connectivity index (χ0) is 40.0. The second kappa shape index (κ2) is 15.1. The van der Waals surface area contributed by atoms with E-state index in [9.17, 15) is 45.1 Å². The number of carbonyl (C=O) groups is 4. The van der Waals surface area contributed by atoms with Crippen LogP contribution in [0.5, 0.6) is 0 Å². The van der Waals surface area contributed by atoms with Crippen LogP contribution in [-0.4, -0.2) is 87.0 Å². The molecule has 2 atom stereocenters. The van der Waals surface area contributed by atoms with Crippen molar-refractivity contribution in [2.45, 2.75) is 64.1 Å². The summed E-state index contributed by atoms with van der Waals surface area (Å²) in [6.45, 7) is 6.63. The number of imidazole rings is 1. The first-order chi connectivity index (χ1) is 26.0. The molecular weight excluding hydrogens is 749 g/mol. The third-order valence-corrected chi connectivity index (χ3v) is 12.6. The summed E-state index contributed by atoms with van der Waals surface area (Å²) in [4.78, 5) is 58.5. The highest BCUT2D eigenvalue weighted by atomic mass is 32.2. The van der Waals surface area contributed by atoms with Gasteiger partial charge in [-0.2, -0.15) is 0 Å². The third-order valence-electron chi connectivity index (χ3n) is 10.2. The van der Waals surface area contributed by atoms with E-state index in [-0.39, 0.29) is 95.6 Å². The van der Waals surface area contributed by atoms with Gasteiger partial charge in [0.1, 0.15) is 17.2 Å². The molecule has 2 aromatic carbocycles. The SMILES string of the molecule is CCN1C(=CC=CC=Cc2n(CC)c3c([n+]2CCC(C)S(=O)(=O)[O-])C(=O)c2ccccc2C3=O)N(CCC(C)S(=O)(=O)[O-])C2=C1C(=O)c1ccccc1C2=O. The van der Waals surface area contributed by atoms with Crippen LogP contribution in [0.25, 0.3) is 6.08 Å². The number of hydrogen-bond donors (Lipinski definition) is 0. The topological polar surface area (TPSA) is 198 Å². The van der Waals surface area contributed by atoms with Crippen LogP contribution in [0.2, 0.25) is 0 Å². The van der Waals surface area contributed by atoms with Crippen molar-refractivity contribution < 1.29 is 49.7 Å². The fourth-order valence-electron chi connectivity index (χ4n) is 7.16. The van der Waals surface area contributed by atoms with Gasteiger partial charge in [-0.15, -0.1) is 0 Å². The van der Waals surface area contributed by atoms with Crippen molar-refractivity contribution in [1.29, 1.82) is 0 Å². The van der Waals surface area contributed by atoms with Crippen LogP contribution in [0, 0.1) is 0 Å². The molecule has 0 spiro atoms. The van der Waals surface area contributed by atoms with Gasteiger partial charge in [-0.05, 0) is 40.2 Å². The quantitative estimate of drug-likeness (QED) is 0.109. The number of hydrogen-bond acceptors (Lipinski definition) is 12. The van der Waals surface area contributed by atoms with Gasteiger partial charge in [-0.25, -0.2) is 26.0 Å². The van der Waals surface area contributed by atoms with E-state index in [4.69, 9.17) is 0 Å². The van der Waals surface area contributed by atoms with Gasteiger partial charge in [0.2, 0.25) is 34.5 Å². The van der Waals surface area contributed by atoms with E-state index >= 15 is 0 Å². The first kappa shape index (κ1) is 39.4. The molecule has 0 N–H and O–H groups in total. The van der Waals surface area contributed by atoms with Crippen molar-refractivity contribution in [2.75, 3.05) is 13.1 Å². The van der Waals surface area contributed by atoms with Crippen LogP contribution >= 0.6 is 0 Å². The lowest BCUT2D eigenvalue weighted by Crippen LogP contribution is -2.44. The Bertz CT molecular complexity index is 2490. The Balaban J connectivity index is 1.39. The zero-order valence-corrected chi connectivity index (χ0v) is 32.2. The first-order valence-corrected chi connectivity index (χ1v) is 20.7. The monoisotopic (exact) mass is 787 g/mol. The van der Waals surface area contributed by atoms with E-state index in [1.807, 2.05) is 0 Å². The maximum absolute atomic E-state index is 13.9. The molecule has 0 saturated heterocycles. The van der Waals surface area contributed by atoms with Crippen LogP contribution in [-0.2, 0) is 33.3 Å². The fourth-order valence-corrected chi connectivity index (χ4v) is 7.95. The number of likely N-dealkylation sites (N-methyl/N-ethyl adjacent to an activating group) is 1. The molecule has 2 aliphatic carbocycles. The number of nitrogens with zero attached hydrogens (tertiary/aromatic N) is 4. The normalized spacial score (nSPS) is 17.7. The molecule has 288 valence electrons. The van der Waals surface area contributed by atoms with Gasteiger partial charge < -0.3 is 18.9 Å². The summed E-state index contributed by atoms with van der Waals surface area (Å²) in [5.74, 6) is -0.737. The first-order valence-electron chi connectivity index (χ1n) is 17.8. The highest BCUT2D eigenvalue weighted by molar-refractivity contribution is 7.86. The Labute approximate surface area is 319 Å². The van der Waals surface area contributed by atoms with Crippen LogP contribution in [0.1, 0.15) is 99.2 Å². The number of benzene rings is 2. The molecule has 1 aromatic heterocycles. The largest absolute Gasteiger partial charge is 0.748 e. The Morgan fingerprint density at radius 1 is 0.673 bits per heavy atom. The molecule has 0 fully saturated rings. The predicted molar refractivity (Wildman–Crippen MR) is 199 cm³/mol. The van der Waals surface area contributed by atoms with Gasteiger partial charge in [0.25, 0.3) is 5.82 Å². The van der Waals surface area contributed by atoms with E-state index in [0.29, 0.717) is 11.6 Å². The average molecular weight is 788 g/mol. The van der Waals surface area contributed by atoms with E-state index in [1.165, 1.54) is 13.8 Å². The van der Waals surface area contributed by atoms with E-state index in [2.05, 4.69) is 0 Å². The Hall–Kier alpha value is -5.29. The predicted octanol–water partition coefficient (Wildman–Crippen LogP) is 3.56. The maximum Gasteiger partial charge on any atom is 0.282 e. The van der Waals surface area contributed by atoms with Crippen molar-refractivity contribution >= 4 is 49.4 Å². The summed E-state index contributed by atoms with van der Waals surface area (Å²) in [6.07, 6.45) is 7.98. The van der Waals surface area contributed by atoms with Crippen molar-refractivity contribution in [3.63, 3.8) is 0 Å². The molecule has 2 heterocycles. The van der Waals surface area contributed by atoms with Crippen LogP contribution in [0.15, 0.2) is 90.1 Å². The molecule has 6 rings (SSSR count). The number of ketones is 4. The van der Waals surface area contributed by atoms with Gasteiger partial charge in [0, 0.05) is 53.1 Å². The number of allylic oxidation sites excluding steroid dienone is 6. The van der Waals surface area contributed by atoms with Crippen LogP contribution in [0.3, 0.4) is 0 Å². The van der Waals surface area contributed by atoms with Crippen molar-refractivity contribution in [3.8, 4) is 0 Å². The molecule has 0 radical (unpaired) electrons. The standard InChI is InChI=1S/C39H40N4O10S2/c1-5-40-30(42(22-20-24(3)54(48,49)50)34-32(40)36(44)26-14-10-12-16-28(26)38(34)46)18-8-7-9-19-31-41(6-2)33-35(43(31)23-21-25(4)55(51,52)53)39(47)29-17-13-11-15-27(29)37(33)45/h7-19,24-25H,5-6,20-23H2,1-4H3,(H-,48,49,50,51,52,53)/p-1. The minimum atomic E-state index is -4.63. The summed E-state index contributed by atoms with van der Waals surface area (Å²) >= 11 is 0. The lowest BCUT2D eigenvalue weighted by atomic mass is 9.90. The van der Waals surface area contributed by atoms with Gasteiger partial charge in [-0.1, -0.05) is 66.8 Å². The van der Waals surface area contributed by atoms with Crippen molar-refractivity contribution in [2.24, 2.45) is 0 Å². The zero-order valence-electron chi connectivity index (χ0n) is 30.6. The number of carbonyl (C=O) groups excluding carboxylic acids is 4. The minimum absolute atomic E-state index is 0.0494. The minimum Gasteiger partial charge on any atom is -0.748 e. The second-order valence-electron chi connectivity index (χ2n) is 13.4. The highest BCUT2D eigenvalue weighted by Gasteiger charge is 2.45. The Morgan fingerprint density at radius 2 is 1.18 bits per heavy atom. The summed E-state index contributed by atoms with van der Waals surface area (Å²) < 4.78 is 73.9. The van der Waals surface area contributed by atoms with E-state index < -0.39 is 42.3 Å². The molecule has 3 aromatic rings. The Kier molecular flexibility index (Phi) is 10.8. The smallest absolute Gasteiger partial charge is 0.282 e. The number of fused-ring (bicyclic) bond motifs is 3. The second-order valence-corrected chi connectivity index (χ2v) is 17.0. The summed E-state index contributed by atoms with van der Waals surface area (Å²) in [7, 11) is -9.25. The third kappa shape index (κ3) is 7.06. The molecule has 0 bridgehead atoms. The summed E-state index contributed by atoms with van der Waals surface area (Å²) in [5.41, 5.74) is 1.41. The van der Waals surface area contributed by atoms with E-state index in [0.717, 1.165) is 0 Å². The maximum atomic E-state index is 13.9. The average Bonchev–Trinajstić information content (AvgIpc) is 3.64. The Morgan fingerprint density at radius 3 is 1.71 bits per heavy atom. The van der Waals surface area contributed by atoms with Crippen LogP contribution in [0.4, 0.5) is 0 Å². The molecule has 3 aliphatic rings. The van der Waals surface area contributed by atoms with Gasteiger partial charge in [0.15, 0.2) is 0 Å². The lowest BCUT2D eigenvalue weighted by Gasteiger charge is -2.27. The van der Waals surface area contributed by atoms with Gasteiger partial charge in [-0.3, -0.25) is 19.2 Å². The molecule has 0 saturated carbocycles. The summed E-state index contributed by atoms with van der Waals surface area (Å²) in [5, 5.41) is -2.52. The van der Waals surface area contributed by atoms with Crippen LogP contribution < -0.4 is 4.57 Å². The van der Waals surface area contributed by atoms with Gasteiger partial charge in [0.05, 0.1) is 38.6 Å². The molecular formula is C39H39N4O10S2-. The number of aromatic nitrogens is 2. The molecule has 0 amide bonds. The van der Waals surface area contributed by atoms with E-state index in [1.54, 1.807) is 112 Å². The molecule has 1 aliphatic heterocycles. The lowest BCUT2D eigenvalue weighted by molar-refractivity contribution is -0.700. The molecule has 14 nitrogen and oxygen atoms in total. The number of rotatable bonds is 13. The molecule has 55 heavy (non-hydrogen) atoms. The van der Waals surface area contributed by atoms with Crippen molar-refractivity contribution in [1.82, 2.24) is 14.4 Å². The fraction of sp³-hybridized carbons (Fsp3) is 0.308. The molecule has 16 heteroatoms. The van der Waals surface area contributed by atoms with Gasteiger partial charge >= 0.3 is 0 Å². The van der Waals surface area contributed by atoms with Crippen molar-refractivity contribution in [3.05, 3.63) is 130 Å². The summed E-state index contributed by atoms with van der Waals surface area (Å²) in [6, 6.07) is 12.9.